The van der Waals surface area contributed by atoms with E-state index < -0.39 is 0 Å². The number of nitrogens with one attached hydrogen (secondary N) is 1. The first-order chi connectivity index (χ1) is 15.8. The van der Waals surface area contributed by atoms with E-state index in [1.165, 1.54) is 11.1 Å². The minimum absolute atomic E-state index is 0.718. The Morgan fingerprint density at radius 3 is 2.27 bits per heavy atom. The van der Waals surface area contributed by atoms with Gasteiger partial charge in [-0.3, -0.25) is 9.58 Å². The summed E-state index contributed by atoms with van der Waals surface area (Å²) in [4.78, 5) is 4.58. The molecule has 2 aromatic carbocycles. The van der Waals surface area contributed by atoms with Gasteiger partial charge >= 0.3 is 0 Å². The number of rotatable bonds is 5. The number of thiocarbonyl (C=S) groups is 1. The van der Waals surface area contributed by atoms with Crippen LogP contribution in [0.2, 0.25) is 10.0 Å². The van der Waals surface area contributed by atoms with Gasteiger partial charge in [0.1, 0.15) is 0 Å². The minimum atomic E-state index is 0.718. The molecule has 0 aliphatic carbocycles. The first kappa shape index (κ1) is 24.0. The molecule has 1 aromatic heterocycles. The maximum absolute atomic E-state index is 6.35. The molecule has 8 heteroatoms. The Morgan fingerprint density at radius 1 is 0.939 bits per heavy atom. The molecule has 0 amide bonds. The molecule has 0 spiro atoms. The van der Waals surface area contributed by atoms with Gasteiger partial charge in [0, 0.05) is 48.3 Å². The predicted molar refractivity (Wildman–Crippen MR) is 142 cm³/mol. The molecule has 4 rings (SSSR count). The molecule has 3 aromatic rings. The molecule has 0 bridgehead atoms. The van der Waals surface area contributed by atoms with Crippen molar-refractivity contribution in [3.05, 3.63) is 80.6 Å². The van der Waals surface area contributed by atoms with Crippen molar-refractivity contribution in [2.24, 2.45) is 0 Å². The molecular formula is C25H29Cl2N5S. The van der Waals surface area contributed by atoms with E-state index in [1.807, 2.05) is 29.8 Å². The highest BCUT2D eigenvalue weighted by molar-refractivity contribution is 7.80. The molecule has 1 N–H and O–H groups in total. The molecule has 2 heterocycles. The van der Waals surface area contributed by atoms with Crippen LogP contribution in [0.25, 0.3) is 0 Å². The number of anilines is 1. The Bertz CT molecular complexity index is 1130. The van der Waals surface area contributed by atoms with Crippen molar-refractivity contribution in [3.63, 3.8) is 0 Å². The minimum Gasteiger partial charge on any atom is -0.346 e. The summed E-state index contributed by atoms with van der Waals surface area (Å²) in [6, 6.07) is 14.1. The highest BCUT2D eigenvalue weighted by Gasteiger charge is 2.22. The molecule has 1 fully saturated rings. The molecule has 0 saturated carbocycles. The van der Waals surface area contributed by atoms with Crippen molar-refractivity contribution < 1.29 is 0 Å². The number of piperazine rings is 1. The van der Waals surface area contributed by atoms with Crippen LogP contribution >= 0.6 is 35.4 Å². The Hall–Kier alpha value is -2.12. The van der Waals surface area contributed by atoms with Crippen LogP contribution in [-0.4, -0.2) is 50.9 Å². The summed E-state index contributed by atoms with van der Waals surface area (Å²) >= 11 is 18.5. The zero-order valence-electron chi connectivity index (χ0n) is 19.2. The van der Waals surface area contributed by atoms with Gasteiger partial charge in [-0.05, 0) is 56.2 Å². The quantitative estimate of drug-likeness (QED) is 0.455. The molecule has 0 atom stereocenters. The van der Waals surface area contributed by atoms with E-state index in [-0.39, 0.29) is 0 Å². The second kappa shape index (κ2) is 10.4. The van der Waals surface area contributed by atoms with Crippen molar-refractivity contribution in [2.75, 3.05) is 31.5 Å². The monoisotopic (exact) mass is 501 g/mol. The van der Waals surface area contributed by atoms with Gasteiger partial charge in [-0.2, -0.15) is 5.10 Å². The lowest BCUT2D eigenvalue weighted by atomic mass is 10.1. The predicted octanol–water partition coefficient (Wildman–Crippen LogP) is 5.68. The Labute approximate surface area is 211 Å². The molecule has 0 radical (unpaired) electrons. The standard InChI is InChI=1S/C25H29Cl2N5S/c1-17-7-4-5-8-20(17)15-32-19(3)24(18(2)29-32)28-25(33)31-13-11-30(12-14-31)16-21-22(26)9-6-10-23(21)27/h4-10H,11-16H2,1-3H3,(H,28,33). The number of halogens is 2. The average Bonchev–Trinajstić information content (AvgIpc) is 3.05. The van der Waals surface area contributed by atoms with Gasteiger partial charge in [-0.1, -0.05) is 53.5 Å². The molecule has 1 aliphatic rings. The fourth-order valence-electron chi connectivity index (χ4n) is 4.18. The number of hydrogen-bond donors (Lipinski definition) is 1. The Balaban J connectivity index is 1.36. The van der Waals surface area contributed by atoms with Crippen LogP contribution in [0.5, 0.6) is 0 Å². The summed E-state index contributed by atoms with van der Waals surface area (Å²) in [7, 11) is 0. The van der Waals surface area contributed by atoms with E-state index in [9.17, 15) is 0 Å². The average molecular weight is 503 g/mol. The summed E-state index contributed by atoms with van der Waals surface area (Å²) in [5.74, 6) is 0. The SMILES string of the molecule is Cc1ccccc1Cn1nc(C)c(NC(=S)N2CCN(Cc3c(Cl)cccc3Cl)CC2)c1C. The number of hydrogen-bond acceptors (Lipinski definition) is 3. The van der Waals surface area contributed by atoms with E-state index in [2.05, 4.69) is 53.2 Å². The zero-order chi connectivity index (χ0) is 23.5. The summed E-state index contributed by atoms with van der Waals surface area (Å²) < 4.78 is 2.05. The largest absolute Gasteiger partial charge is 0.346 e. The second-order valence-electron chi connectivity index (χ2n) is 8.52. The van der Waals surface area contributed by atoms with Crippen LogP contribution in [0.4, 0.5) is 5.69 Å². The van der Waals surface area contributed by atoms with Crippen LogP contribution in [0.3, 0.4) is 0 Å². The lowest BCUT2D eigenvalue weighted by molar-refractivity contribution is 0.177. The number of nitrogens with zero attached hydrogens (tertiary/aromatic N) is 4. The van der Waals surface area contributed by atoms with Crippen LogP contribution in [0.15, 0.2) is 42.5 Å². The molecule has 0 unspecified atom stereocenters. The normalized spacial score (nSPS) is 14.5. The third-order valence-electron chi connectivity index (χ3n) is 6.30. The molecule has 1 aliphatic heterocycles. The van der Waals surface area contributed by atoms with E-state index in [1.54, 1.807) is 0 Å². The second-order valence-corrected chi connectivity index (χ2v) is 9.72. The van der Waals surface area contributed by atoms with Crippen LogP contribution in [0, 0.1) is 20.8 Å². The topological polar surface area (TPSA) is 36.3 Å². The van der Waals surface area contributed by atoms with Gasteiger partial charge < -0.3 is 10.2 Å². The summed E-state index contributed by atoms with van der Waals surface area (Å²) in [6.45, 7) is 11.2. The third kappa shape index (κ3) is 5.52. The highest BCUT2D eigenvalue weighted by atomic mass is 35.5. The van der Waals surface area contributed by atoms with Crippen molar-refractivity contribution >= 4 is 46.2 Å². The van der Waals surface area contributed by atoms with E-state index in [4.69, 9.17) is 40.5 Å². The number of aromatic nitrogens is 2. The fourth-order valence-corrected chi connectivity index (χ4v) is 4.98. The Morgan fingerprint density at radius 2 is 1.61 bits per heavy atom. The van der Waals surface area contributed by atoms with Gasteiger partial charge in [-0.25, -0.2) is 0 Å². The van der Waals surface area contributed by atoms with Crippen molar-refractivity contribution in [3.8, 4) is 0 Å². The van der Waals surface area contributed by atoms with Crippen LogP contribution in [-0.2, 0) is 13.1 Å². The molecular weight excluding hydrogens is 473 g/mol. The van der Waals surface area contributed by atoms with Gasteiger partial charge in [-0.15, -0.1) is 0 Å². The highest BCUT2D eigenvalue weighted by Crippen LogP contribution is 2.26. The van der Waals surface area contributed by atoms with E-state index in [0.717, 1.165) is 77.1 Å². The summed E-state index contributed by atoms with van der Waals surface area (Å²) in [5.41, 5.74) is 6.57. The molecule has 1 saturated heterocycles. The van der Waals surface area contributed by atoms with Gasteiger partial charge in [0.2, 0.25) is 0 Å². The van der Waals surface area contributed by atoms with Crippen LogP contribution < -0.4 is 5.32 Å². The van der Waals surface area contributed by atoms with Crippen molar-refractivity contribution in [1.29, 1.82) is 0 Å². The number of aryl methyl sites for hydroxylation is 2. The lowest BCUT2D eigenvalue weighted by Crippen LogP contribution is -2.49. The van der Waals surface area contributed by atoms with Crippen LogP contribution in [0.1, 0.15) is 28.1 Å². The fraction of sp³-hybridized carbons (Fsp3) is 0.360. The van der Waals surface area contributed by atoms with E-state index >= 15 is 0 Å². The first-order valence-electron chi connectivity index (χ1n) is 11.1. The van der Waals surface area contributed by atoms with Gasteiger partial charge in [0.15, 0.2) is 5.11 Å². The van der Waals surface area contributed by atoms with E-state index in [0.29, 0.717) is 0 Å². The summed E-state index contributed by atoms with van der Waals surface area (Å²) in [6.07, 6.45) is 0. The summed E-state index contributed by atoms with van der Waals surface area (Å²) in [5, 5.41) is 10.4. The maximum atomic E-state index is 6.35. The van der Waals surface area contributed by atoms with Crippen molar-refractivity contribution in [1.82, 2.24) is 19.6 Å². The maximum Gasteiger partial charge on any atom is 0.173 e. The zero-order valence-corrected chi connectivity index (χ0v) is 21.6. The first-order valence-corrected chi connectivity index (χ1v) is 12.3. The Kier molecular flexibility index (Phi) is 7.59. The molecule has 5 nitrogen and oxygen atoms in total. The van der Waals surface area contributed by atoms with Gasteiger partial charge in [0.25, 0.3) is 0 Å². The van der Waals surface area contributed by atoms with Gasteiger partial charge in [0.05, 0.1) is 23.6 Å². The van der Waals surface area contributed by atoms with Crippen molar-refractivity contribution in [2.45, 2.75) is 33.9 Å². The smallest absolute Gasteiger partial charge is 0.173 e. The third-order valence-corrected chi connectivity index (χ3v) is 7.37. The lowest BCUT2D eigenvalue weighted by Gasteiger charge is -2.36. The molecule has 33 heavy (non-hydrogen) atoms. The molecule has 174 valence electrons. The number of benzene rings is 2.